The van der Waals surface area contributed by atoms with Crippen LogP contribution in [0.2, 0.25) is 0 Å². The van der Waals surface area contributed by atoms with Crippen LogP contribution < -0.4 is 0 Å². The maximum atomic E-state index is 11.8. The van der Waals surface area contributed by atoms with Crippen LogP contribution in [0, 0.1) is 11.3 Å². The van der Waals surface area contributed by atoms with Crippen molar-refractivity contribution < 1.29 is 33.3 Å². The van der Waals surface area contributed by atoms with Crippen molar-refractivity contribution in [1.82, 2.24) is 0 Å². The van der Waals surface area contributed by atoms with Gasteiger partial charge in [0.25, 0.3) is 3.79 Å². The summed E-state index contributed by atoms with van der Waals surface area (Å²) < 4.78 is 18.8. The molecule has 1 fully saturated rings. The summed E-state index contributed by atoms with van der Waals surface area (Å²) >= 11 is 16.7. The van der Waals surface area contributed by atoms with Crippen LogP contribution in [0.3, 0.4) is 0 Å². The molecule has 5 atom stereocenters. The van der Waals surface area contributed by atoms with Crippen molar-refractivity contribution in [3.8, 4) is 0 Å². The summed E-state index contributed by atoms with van der Waals surface area (Å²) in [4.78, 5) is 34.7. The molecule has 1 rings (SSSR count). The van der Waals surface area contributed by atoms with E-state index in [4.69, 9.17) is 59.2 Å². The smallest absolute Gasteiger partial charge is 0.303 e. The molecule has 1 aliphatic rings. The third-order valence-corrected chi connectivity index (χ3v) is 3.88. The van der Waals surface area contributed by atoms with Crippen LogP contribution in [0.4, 0.5) is 0 Å². The predicted octanol–water partition coefficient (Wildman–Crippen LogP) is 2.16. The van der Waals surface area contributed by atoms with E-state index in [2.05, 4.69) is 0 Å². The fraction of sp³-hybridized carbons (Fsp3) is 0.714. The third-order valence-electron chi connectivity index (χ3n) is 3.36. The van der Waals surface area contributed by atoms with Gasteiger partial charge in [-0.25, -0.2) is 0 Å². The van der Waals surface area contributed by atoms with E-state index in [0.29, 0.717) is 0 Å². The number of esters is 2. The van der Waals surface area contributed by atoms with Gasteiger partial charge in [0.15, 0.2) is 11.9 Å². The molecular formula is C14H18Cl3NO7. The van der Waals surface area contributed by atoms with E-state index in [-0.39, 0.29) is 5.78 Å². The molecule has 8 nitrogen and oxygen atoms in total. The number of Topliss-reactive ketones (excluding diaryl/α,β-unsaturated/α-hetero) is 1. The van der Waals surface area contributed by atoms with Gasteiger partial charge in [-0.05, 0) is 6.92 Å². The molecule has 0 amide bonds. The minimum atomic E-state index is -2.20. The van der Waals surface area contributed by atoms with Gasteiger partial charge in [-0.3, -0.25) is 19.8 Å². The summed E-state index contributed by atoms with van der Waals surface area (Å²) in [6.07, 6.45) is -4.84. The molecule has 0 aromatic rings. The number of ether oxygens (including phenoxy) is 4. The van der Waals surface area contributed by atoms with Crippen molar-refractivity contribution in [3.63, 3.8) is 0 Å². The topological polar surface area (TPSA) is 112 Å². The maximum absolute atomic E-state index is 11.8. The number of hydrogen-bond acceptors (Lipinski definition) is 8. The molecule has 1 aliphatic heterocycles. The molecule has 0 spiro atoms. The molecule has 0 aromatic carbocycles. The Morgan fingerprint density at radius 1 is 0.960 bits per heavy atom. The largest absolute Gasteiger partial charge is 0.458 e. The number of rotatable bonds is 4. The first kappa shape index (κ1) is 22.0. The molecule has 0 aliphatic carbocycles. The molecular weight excluding hydrogens is 401 g/mol. The third kappa shape index (κ3) is 5.99. The normalized spacial score (nSPS) is 29.5. The first-order valence-corrected chi connectivity index (χ1v) is 8.30. The van der Waals surface area contributed by atoms with E-state index in [0.717, 1.165) is 13.8 Å². The van der Waals surface area contributed by atoms with Gasteiger partial charge in [0.05, 0.1) is 0 Å². The molecule has 1 N–H and O–H groups in total. The maximum Gasteiger partial charge on any atom is 0.303 e. The fourth-order valence-corrected chi connectivity index (χ4v) is 2.53. The SMILES string of the molecule is CC(=O)O[C@H]1[C@@H](OC(=N)C(Cl)(Cl)Cl)O[C@H](C(C)=O)[C@@H](C)[C@@H]1OC(C)=O. The van der Waals surface area contributed by atoms with Gasteiger partial charge in [-0.2, -0.15) is 0 Å². The zero-order valence-corrected chi connectivity index (χ0v) is 16.1. The molecule has 0 saturated carbocycles. The summed E-state index contributed by atoms with van der Waals surface area (Å²) in [6, 6.07) is 0. The van der Waals surface area contributed by atoms with Crippen molar-refractivity contribution in [2.24, 2.45) is 5.92 Å². The quantitative estimate of drug-likeness (QED) is 0.322. The second-order valence-electron chi connectivity index (χ2n) is 5.49. The minimum Gasteiger partial charge on any atom is -0.458 e. The Morgan fingerprint density at radius 3 is 1.84 bits per heavy atom. The van der Waals surface area contributed by atoms with Gasteiger partial charge in [-0.15, -0.1) is 0 Å². The number of carbonyl (C=O) groups is 3. The first-order chi connectivity index (χ1) is 11.3. The summed E-state index contributed by atoms with van der Waals surface area (Å²) in [6.45, 7) is 5.15. The zero-order valence-electron chi connectivity index (χ0n) is 13.9. The number of nitrogens with one attached hydrogen (secondary N) is 1. The van der Waals surface area contributed by atoms with Crippen LogP contribution in [0.1, 0.15) is 27.7 Å². The Hall–Kier alpha value is -1.09. The molecule has 142 valence electrons. The van der Waals surface area contributed by atoms with Gasteiger partial charge in [-0.1, -0.05) is 41.7 Å². The van der Waals surface area contributed by atoms with Crippen LogP contribution in [0.5, 0.6) is 0 Å². The van der Waals surface area contributed by atoms with Gasteiger partial charge >= 0.3 is 11.9 Å². The molecule has 11 heteroatoms. The van der Waals surface area contributed by atoms with Crippen molar-refractivity contribution in [1.29, 1.82) is 5.41 Å². The van der Waals surface area contributed by atoms with Crippen molar-refractivity contribution in [2.75, 3.05) is 0 Å². The van der Waals surface area contributed by atoms with E-state index in [9.17, 15) is 14.4 Å². The molecule has 1 saturated heterocycles. The Balaban J connectivity index is 3.21. The van der Waals surface area contributed by atoms with Gasteiger partial charge in [0.1, 0.15) is 6.10 Å². The summed E-state index contributed by atoms with van der Waals surface area (Å²) in [5.41, 5.74) is 0. The van der Waals surface area contributed by atoms with E-state index < -0.39 is 52.1 Å². The standard InChI is InChI=1S/C14H18Cl3NO7/c1-5-9(6(2)19)24-12(25-13(18)14(15,16)17)11(23-8(4)21)10(5)22-7(3)20/h5,9-12,18H,1-4H3/t5-,9+,10+,11-,12-/m1/s1. The minimum absolute atomic E-state index is 0.375. The summed E-state index contributed by atoms with van der Waals surface area (Å²) in [7, 11) is 0. The lowest BCUT2D eigenvalue weighted by Gasteiger charge is -2.43. The number of ketones is 1. The highest BCUT2D eigenvalue weighted by molar-refractivity contribution is 6.76. The second-order valence-corrected chi connectivity index (χ2v) is 7.77. The van der Waals surface area contributed by atoms with E-state index >= 15 is 0 Å². The Bertz CT molecular complexity index is 563. The molecule has 0 aromatic heterocycles. The average Bonchev–Trinajstić information content (AvgIpc) is 2.43. The van der Waals surface area contributed by atoms with E-state index in [1.165, 1.54) is 6.92 Å². The highest BCUT2D eigenvalue weighted by atomic mass is 35.6. The van der Waals surface area contributed by atoms with Gasteiger partial charge in [0, 0.05) is 19.8 Å². The Kier molecular flexibility index (Phi) is 7.49. The van der Waals surface area contributed by atoms with Crippen LogP contribution >= 0.6 is 34.8 Å². The van der Waals surface area contributed by atoms with Gasteiger partial charge in [0.2, 0.25) is 18.3 Å². The van der Waals surface area contributed by atoms with Crippen LogP contribution in [0.15, 0.2) is 0 Å². The molecule has 0 bridgehead atoms. The Morgan fingerprint density at radius 2 is 1.44 bits per heavy atom. The van der Waals surface area contributed by atoms with Crippen molar-refractivity contribution in [2.45, 2.75) is 56.1 Å². The van der Waals surface area contributed by atoms with Crippen molar-refractivity contribution >= 4 is 58.4 Å². The summed E-state index contributed by atoms with van der Waals surface area (Å²) in [5.74, 6) is -3.20. The monoisotopic (exact) mass is 417 g/mol. The highest BCUT2D eigenvalue weighted by Gasteiger charge is 2.51. The second kappa shape index (κ2) is 8.53. The first-order valence-electron chi connectivity index (χ1n) is 7.17. The van der Waals surface area contributed by atoms with Gasteiger partial charge < -0.3 is 18.9 Å². The van der Waals surface area contributed by atoms with Crippen LogP contribution in [-0.4, -0.2) is 52.0 Å². The number of halogens is 3. The lowest BCUT2D eigenvalue weighted by Crippen LogP contribution is -2.59. The number of alkyl halides is 3. The molecule has 25 heavy (non-hydrogen) atoms. The zero-order chi connectivity index (χ0) is 19.5. The van der Waals surface area contributed by atoms with E-state index in [1.807, 2.05) is 0 Å². The average molecular weight is 419 g/mol. The van der Waals surface area contributed by atoms with Crippen LogP contribution in [0.25, 0.3) is 0 Å². The lowest BCUT2D eigenvalue weighted by molar-refractivity contribution is -0.265. The summed E-state index contributed by atoms with van der Waals surface area (Å²) in [5, 5.41) is 7.65. The highest BCUT2D eigenvalue weighted by Crippen LogP contribution is 2.34. The lowest BCUT2D eigenvalue weighted by atomic mass is 9.88. The molecule has 0 radical (unpaired) electrons. The number of carbonyl (C=O) groups excluding carboxylic acids is 3. The fourth-order valence-electron chi connectivity index (χ4n) is 2.40. The van der Waals surface area contributed by atoms with E-state index in [1.54, 1.807) is 6.92 Å². The number of hydrogen-bond donors (Lipinski definition) is 1. The van der Waals surface area contributed by atoms with Crippen molar-refractivity contribution in [3.05, 3.63) is 0 Å². The predicted molar refractivity (Wildman–Crippen MR) is 88.7 cm³/mol. The van der Waals surface area contributed by atoms with Crippen LogP contribution in [-0.2, 0) is 33.3 Å². The molecule has 1 heterocycles. The Labute approximate surface area is 159 Å². The molecule has 0 unspecified atom stereocenters.